The second kappa shape index (κ2) is 5.78. The molecule has 0 aliphatic carbocycles. The number of hydrogen-bond donors (Lipinski definition) is 1. The molecule has 1 aromatic heterocycles. The largest absolute Gasteiger partial charge is 0.461 e. The maximum Gasteiger partial charge on any atom is 0.134 e. The van der Waals surface area contributed by atoms with Crippen LogP contribution in [-0.2, 0) is 13.0 Å². The molecular weight excluding hydrogens is 289 g/mol. The van der Waals surface area contributed by atoms with Gasteiger partial charge < -0.3 is 9.73 Å². The summed E-state index contributed by atoms with van der Waals surface area (Å²) >= 11 is 5.87. The summed E-state index contributed by atoms with van der Waals surface area (Å²) in [6.45, 7) is 2.63. The minimum absolute atomic E-state index is 0.349. The van der Waals surface area contributed by atoms with Crippen LogP contribution in [0.3, 0.4) is 0 Å². The van der Waals surface area contributed by atoms with E-state index in [2.05, 4.69) is 12.2 Å². The molecule has 0 aliphatic heterocycles. The van der Waals surface area contributed by atoms with Crippen LogP contribution >= 0.6 is 11.6 Å². The summed E-state index contributed by atoms with van der Waals surface area (Å²) in [7, 11) is 0. The summed E-state index contributed by atoms with van der Waals surface area (Å²) in [5.41, 5.74) is 2.64. The summed E-state index contributed by atoms with van der Waals surface area (Å²) in [4.78, 5) is 0. The van der Waals surface area contributed by atoms with Crippen LogP contribution in [-0.4, -0.2) is 0 Å². The lowest BCUT2D eigenvalue weighted by molar-refractivity contribution is 0.551. The Bertz CT molecular complexity index is 761. The van der Waals surface area contributed by atoms with E-state index < -0.39 is 0 Å². The molecular formula is C17H15ClFNO. The van der Waals surface area contributed by atoms with Crippen molar-refractivity contribution in [3.05, 3.63) is 64.6 Å². The van der Waals surface area contributed by atoms with Crippen molar-refractivity contribution in [1.82, 2.24) is 0 Å². The maximum absolute atomic E-state index is 13.3. The molecule has 0 amide bonds. The number of benzene rings is 2. The first kappa shape index (κ1) is 14.0. The molecule has 0 saturated heterocycles. The highest BCUT2D eigenvalue weighted by Crippen LogP contribution is 2.27. The van der Waals surface area contributed by atoms with Gasteiger partial charge in [-0.05, 0) is 24.3 Å². The topological polar surface area (TPSA) is 25.2 Å². The van der Waals surface area contributed by atoms with Crippen LogP contribution in [0.25, 0.3) is 11.0 Å². The van der Waals surface area contributed by atoms with E-state index in [1.807, 2.05) is 24.3 Å². The molecule has 108 valence electrons. The van der Waals surface area contributed by atoms with Crippen LogP contribution in [0.15, 0.2) is 46.9 Å². The van der Waals surface area contributed by atoms with Gasteiger partial charge in [0, 0.05) is 34.6 Å². The number of rotatable bonds is 4. The molecule has 0 spiro atoms. The Hall–Kier alpha value is -2.00. The Kier molecular flexibility index (Phi) is 3.84. The summed E-state index contributed by atoms with van der Waals surface area (Å²) in [5, 5.41) is 4.68. The third kappa shape index (κ3) is 2.88. The SMILES string of the molecule is CCc1oc2ccccc2c1CNc1cc(F)cc(Cl)c1. The van der Waals surface area contributed by atoms with Gasteiger partial charge >= 0.3 is 0 Å². The van der Waals surface area contributed by atoms with Crippen molar-refractivity contribution in [2.24, 2.45) is 0 Å². The lowest BCUT2D eigenvalue weighted by atomic mass is 10.1. The van der Waals surface area contributed by atoms with E-state index in [9.17, 15) is 4.39 Å². The first-order chi connectivity index (χ1) is 10.2. The van der Waals surface area contributed by atoms with E-state index >= 15 is 0 Å². The van der Waals surface area contributed by atoms with Crippen LogP contribution in [0, 0.1) is 5.82 Å². The summed E-state index contributed by atoms with van der Waals surface area (Å²) in [6.07, 6.45) is 0.815. The van der Waals surface area contributed by atoms with Crippen molar-refractivity contribution in [2.45, 2.75) is 19.9 Å². The van der Waals surface area contributed by atoms with Gasteiger partial charge in [-0.3, -0.25) is 0 Å². The van der Waals surface area contributed by atoms with Crippen molar-refractivity contribution < 1.29 is 8.81 Å². The molecule has 21 heavy (non-hydrogen) atoms. The molecule has 1 heterocycles. The van der Waals surface area contributed by atoms with E-state index in [0.29, 0.717) is 17.3 Å². The lowest BCUT2D eigenvalue weighted by Gasteiger charge is -2.07. The summed E-state index contributed by atoms with van der Waals surface area (Å²) in [6, 6.07) is 12.4. The maximum atomic E-state index is 13.3. The van der Waals surface area contributed by atoms with Gasteiger partial charge in [-0.2, -0.15) is 0 Å². The lowest BCUT2D eigenvalue weighted by Crippen LogP contribution is -2.01. The van der Waals surface area contributed by atoms with Gasteiger partial charge in [0.2, 0.25) is 0 Å². The zero-order valence-electron chi connectivity index (χ0n) is 11.6. The smallest absolute Gasteiger partial charge is 0.134 e. The normalized spacial score (nSPS) is 11.0. The standard InChI is InChI=1S/C17H15ClFNO/c1-2-16-15(14-5-3-4-6-17(14)21-16)10-20-13-8-11(18)7-12(19)9-13/h3-9,20H,2,10H2,1H3. The highest BCUT2D eigenvalue weighted by molar-refractivity contribution is 6.30. The minimum atomic E-state index is -0.349. The van der Waals surface area contributed by atoms with Gasteiger partial charge in [-0.25, -0.2) is 4.39 Å². The van der Waals surface area contributed by atoms with Gasteiger partial charge in [0.25, 0.3) is 0 Å². The van der Waals surface area contributed by atoms with Crippen molar-refractivity contribution in [1.29, 1.82) is 0 Å². The molecule has 3 aromatic rings. The minimum Gasteiger partial charge on any atom is -0.461 e. The van der Waals surface area contributed by atoms with Gasteiger partial charge in [0.05, 0.1) is 0 Å². The number of halogens is 2. The molecule has 1 N–H and O–H groups in total. The predicted octanol–water partition coefficient (Wildman–Crippen LogP) is 5.40. The fourth-order valence-corrected chi connectivity index (χ4v) is 2.70. The first-order valence-electron chi connectivity index (χ1n) is 6.86. The van der Waals surface area contributed by atoms with Crippen molar-refractivity contribution >= 4 is 28.3 Å². The molecule has 0 saturated carbocycles. The average Bonchev–Trinajstić information content (AvgIpc) is 2.82. The predicted molar refractivity (Wildman–Crippen MR) is 84.3 cm³/mol. The van der Waals surface area contributed by atoms with E-state index in [1.54, 1.807) is 6.07 Å². The number of para-hydroxylation sites is 1. The van der Waals surface area contributed by atoms with E-state index in [4.69, 9.17) is 16.0 Å². The quantitative estimate of drug-likeness (QED) is 0.698. The molecule has 3 rings (SSSR count). The van der Waals surface area contributed by atoms with Gasteiger partial charge in [0.1, 0.15) is 17.2 Å². The highest BCUT2D eigenvalue weighted by Gasteiger charge is 2.12. The third-order valence-corrected chi connectivity index (χ3v) is 3.65. The van der Waals surface area contributed by atoms with E-state index in [1.165, 1.54) is 12.1 Å². The monoisotopic (exact) mass is 303 g/mol. The summed E-state index contributed by atoms with van der Waals surface area (Å²) < 4.78 is 19.2. The average molecular weight is 304 g/mol. The van der Waals surface area contributed by atoms with Crippen LogP contribution in [0.1, 0.15) is 18.2 Å². The van der Waals surface area contributed by atoms with Crippen molar-refractivity contribution in [3.8, 4) is 0 Å². The molecule has 0 fully saturated rings. The zero-order chi connectivity index (χ0) is 14.8. The van der Waals surface area contributed by atoms with E-state index in [0.717, 1.165) is 28.7 Å². The highest BCUT2D eigenvalue weighted by atomic mass is 35.5. The Morgan fingerprint density at radius 3 is 2.76 bits per heavy atom. The number of anilines is 1. The number of aryl methyl sites for hydroxylation is 1. The molecule has 2 aromatic carbocycles. The number of fused-ring (bicyclic) bond motifs is 1. The second-order valence-electron chi connectivity index (χ2n) is 4.87. The van der Waals surface area contributed by atoms with Crippen molar-refractivity contribution in [3.63, 3.8) is 0 Å². The van der Waals surface area contributed by atoms with Crippen LogP contribution in [0.5, 0.6) is 0 Å². The molecule has 0 aliphatic rings. The van der Waals surface area contributed by atoms with Gasteiger partial charge in [-0.15, -0.1) is 0 Å². The second-order valence-corrected chi connectivity index (χ2v) is 5.30. The Labute approximate surface area is 127 Å². The molecule has 0 bridgehead atoms. The Morgan fingerprint density at radius 1 is 1.19 bits per heavy atom. The molecule has 0 radical (unpaired) electrons. The van der Waals surface area contributed by atoms with Crippen LogP contribution < -0.4 is 5.32 Å². The first-order valence-corrected chi connectivity index (χ1v) is 7.24. The summed E-state index contributed by atoms with van der Waals surface area (Å²) in [5.74, 6) is 0.601. The van der Waals surface area contributed by atoms with Gasteiger partial charge in [0.15, 0.2) is 0 Å². The molecule has 4 heteroatoms. The fourth-order valence-electron chi connectivity index (χ4n) is 2.48. The number of hydrogen-bond acceptors (Lipinski definition) is 2. The molecule has 0 atom stereocenters. The van der Waals surface area contributed by atoms with Crippen molar-refractivity contribution in [2.75, 3.05) is 5.32 Å². The number of nitrogens with one attached hydrogen (secondary N) is 1. The third-order valence-electron chi connectivity index (χ3n) is 3.43. The fraction of sp³-hybridized carbons (Fsp3) is 0.176. The Morgan fingerprint density at radius 2 is 2.00 bits per heavy atom. The Balaban J connectivity index is 1.90. The molecule has 2 nitrogen and oxygen atoms in total. The number of furan rings is 1. The van der Waals surface area contributed by atoms with Crippen LogP contribution in [0.2, 0.25) is 5.02 Å². The van der Waals surface area contributed by atoms with E-state index in [-0.39, 0.29) is 5.82 Å². The van der Waals surface area contributed by atoms with Gasteiger partial charge in [-0.1, -0.05) is 36.7 Å². The van der Waals surface area contributed by atoms with Crippen LogP contribution in [0.4, 0.5) is 10.1 Å². The zero-order valence-corrected chi connectivity index (χ0v) is 12.4. The molecule has 0 unspecified atom stereocenters.